The molecule has 0 bridgehead atoms. The molecule has 2 aromatic rings. The Morgan fingerprint density at radius 3 is 2.32 bits per heavy atom. The second-order valence-corrected chi connectivity index (χ2v) is 7.36. The van der Waals surface area contributed by atoms with E-state index in [9.17, 15) is 13.2 Å². The van der Waals surface area contributed by atoms with Crippen LogP contribution in [0.25, 0.3) is 0 Å². The van der Waals surface area contributed by atoms with Gasteiger partial charge in [0.25, 0.3) is 0 Å². The fourth-order valence-corrected chi connectivity index (χ4v) is 2.88. The van der Waals surface area contributed by atoms with Crippen molar-refractivity contribution in [3.05, 3.63) is 65.7 Å². The van der Waals surface area contributed by atoms with Gasteiger partial charge in [-0.05, 0) is 36.6 Å². The van der Waals surface area contributed by atoms with Crippen LogP contribution in [0.2, 0.25) is 0 Å². The van der Waals surface area contributed by atoms with Gasteiger partial charge < -0.3 is 10.6 Å². The standard InChI is InChI=1S/C18H23N3O3S/c1-14(16-5-3-2-4-6-16)21-13-18(22)20-12-11-15-7-9-17(10-8-15)25(19,23)24/h2-10,14,21H,11-13H2,1H3,(H,20,22)(H2,19,23,24)/t14-/m0/s1. The van der Waals surface area contributed by atoms with Crippen LogP contribution in [0.1, 0.15) is 24.1 Å². The molecule has 0 aliphatic carbocycles. The summed E-state index contributed by atoms with van der Waals surface area (Å²) in [5.74, 6) is -0.0797. The maximum atomic E-state index is 11.9. The SMILES string of the molecule is C[C@H](NCC(=O)NCCc1ccc(S(N)(=O)=O)cc1)c1ccccc1. The van der Waals surface area contributed by atoms with Crippen LogP contribution in [-0.2, 0) is 21.2 Å². The molecule has 0 aromatic heterocycles. The molecule has 2 rings (SSSR count). The van der Waals surface area contributed by atoms with Gasteiger partial charge in [-0.1, -0.05) is 42.5 Å². The van der Waals surface area contributed by atoms with Gasteiger partial charge in [-0.3, -0.25) is 4.79 Å². The van der Waals surface area contributed by atoms with Crippen molar-refractivity contribution in [2.75, 3.05) is 13.1 Å². The molecule has 0 heterocycles. The van der Waals surface area contributed by atoms with Crippen LogP contribution < -0.4 is 15.8 Å². The van der Waals surface area contributed by atoms with Crippen molar-refractivity contribution in [1.29, 1.82) is 0 Å². The van der Waals surface area contributed by atoms with E-state index in [1.807, 2.05) is 37.3 Å². The Bertz CT molecular complexity index is 790. The van der Waals surface area contributed by atoms with Crippen LogP contribution >= 0.6 is 0 Å². The minimum Gasteiger partial charge on any atom is -0.355 e. The molecule has 0 saturated carbocycles. The molecule has 6 nitrogen and oxygen atoms in total. The van der Waals surface area contributed by atoms with Gasteiger partial charge in [0.2, 0.25) is 15.9 Å². The van der Waals surface area contributed by atoms with Gasteiger partial charge in [-0.25, -0.2) is 13.6 Å². The number of amides is 1. The lowest BCUT2D eigenvalue weighted by molar-refractivity contribution is -0.120. The normalized spacial score (nSPS) is 12.6. The zero-order valence-electron chi connectivity index (χ0n) is 14.1. The Morgan fingerprint density at radius 1 is 1.08 bits per heavy atom. The Labute approximate surface area is 148 Å². The van der Waals surface area contributed by atoms with Crippen LogP contribution in [0.4, 0.5) is 0 Å². The van der Waals surface area contributed by atoms with Gasteiger partial charge in [0.05, 0.1) is 11.4 Å². The molecule has 0 spiro atoms. The van der Waals surface area contributed by atoms with Crippen LogP contribution in [0, 0.1) is 0 Å². The van der Waals surface area contributed by atoms with Crippen molar-refractivity contribution in [2.45, 2.75) is 24.3 Å². The number of hydrogen-bond donors (Lipinski definition) is 3. The maximum Gasteiger partial charge on any atom is 0.238 e. The molecule has 1 amide bonds. The molecule has 134 valence electrons. The molecule has 0 radical (unpaired) electrons. The zero-order valence-corrected chi connectivity index (χ0v) is 14.9. The molecule has 0 unspecified atom stereocenters. The third-order valence-corrected chi connectivity index (χ3v) is 4.79. The van der Waals surface area contributed by atoms with E-state index >= 15 is 0 Å². The van der Waals surface area contributed by atoms with Gasteiger partial charge in [0.15, 0.2) is 0 Å². The fourth-order valence-electron chi connectivity index (χ4n) is 2.36. The van der Waals surface area contributed by atoms with E-state index < -0.39 is 10.0 Å². The minimum atomic E-state index is -3.67. The number of primary sulfonamides is 1. The van der Waals surface area contributed by atoms with Crippen molar-refractivity contribution >= 4 is 15.9 Å². The van der Waals surface area contributed by atoms with E-state index in [4.69, 9.17) is 5.14 Å². The Balaban J connectivity index is 1.72. The van der Waals surface area contributed by atoms with Gasteiger partial charge in [-0.2, -0.15) is 0 Å². The lowest BCUT2D eigenvalue weighted by Crippen LogP contribution is -2.36. The lowest BCUT2D eigenvalue weighted by Gasteiger charge is -2.14. The molecule has 0 aliphatic rings. The highest BCUT2D eigenvalue weighted by Crippen LogP contribution is 2.10. The summed E-state index contributed by atoms with van der Waals surface area (Å²) in [6, 6.07) is 16.3. The first kappa shape index (κ1) is 19.1. The first-order chi connectivity index (χ1) is 11.9. The molecule has 0 saturated heterocycles. The lowest BCUT2D eigenvalue weighted by atomic mass is 10.1. The summed E-state index contributed by atoms with van der Waals surface area (Å²) in [5, 5.41) is 11.1. The smallest absolute Gasteiger partial charge is 0.238 e. The first-order valence-corrected chi connectivity index (χ1v) is 9.57. The molecule has 0 fully saturated rings. The number of hydrogen-bond acceptors (Lipinski definition) is 4. The summed E-state index contributed by atoms with van der Waals surface area (Å²) in [6.07, 6.45) is 0.616. The van der Waals surface area contributed by atoms with E-state index in [0.29, 0.717) is 13.0 Å². The number of rotatable bonds is 8. The molecule has 1 atom stereocenters. The monoisotopic (exact) mass is 361 g/mol. The molecular formula is C18H23N3O3S. The van der Waals surface area contributed by atoms with Gasteiger partial charge in [0.1, 0.15) is 0 Å². The Morgan fingerprint density at radius 2 is 1.72 bits per heavy atom. The minimum absolute atomic E-state index is 0.0797. The molecule has 7 heteroatoms. The van der Waals surface area contributed by atoms with Crippen molar-refractivity contribution in [3.8, 4) is 0 Å². The van der Waals surface area contributed by atoms with Crippen LogP contribution in [0.3, 0.4) is 0 Å². The van der Waals surface area contributed by atoms with E-state index in [1.54, 1.807) is 12.1 Å². The Hall–Kier alpha value is -2.22. The second-order valence-electron chi connectivity index (χ2n) is 5.80. The summed E-state index contributed by atoms with van der Waals surface area (Å²) in [7, 11) is -3.67. The number of sulfonamides is 1. The predicted molar refractivity (Wildman–Crippen MR) is 97.4 cm³/mol. The van der Waals surface area contributed by atoms with Crippen LogP contribution in [0.15, 0.2) is 59.5 Å². The maximum absolute atomic E-state index is 11.9. The fraction of sp³-hybridized carbons (Fsp3) is 0.278. The highest BCUT2D eigenvalue weighted by atomic mass is 32.2. The first-order valence-electron chi connectivity index (χ1n) is 8.03. The summed E-state index contributed by atoms with van der Waals surface area (Å²) < 4.78 is 22.4. The van der Waals surface area contributed by atoms with Crippen molar-refractivity contribution in [2.24, 2.45) is 5.14 Å². The number of nitrogens with two attached hydrogens (primary N) is 1. The highest BCUT2D eigenvalue weighted by molar-refractivity contribution is 7.89. The van der Waals surface area contributed by atoms with Crippen molar-refractivity contribution < 1.29 is 13.2 Å². The average molecular weight is 361 g/mol. The van der Waals surface area contributed by atoms with Crippen LogP contribution in [0.5, 0.6) is 0 Å². The second kappa shape index (κ2) is 8.75. The van der Waals surface area contributed by atoms with Crippen molar-refractivity contribution in [1.82, 2.24) is 10.6 Å². The van der Waals surface area contributed by atoms with E-state index in [1.165, 1.54) is 12.1 Å². The van der Waals surface area contributed by atoms with Crippen LogP contribution in [-0.4, -0.2) is 27.4 Å². The quantitative estimate of drug-likeness (QED) is 0.660. The van der Waals surface area contributed by atoms with Gasteiger partial charge in [0, 0.05) is 12.6 Å². The zero-order chi connectivity index (χ0) is 18.3. The van der Waals surface area contributed by atoms with E-state index in [2.05, 4.69) is 10.6 Å². The summed E-state index contributed by atoms with van der Waals surface area (Å²) in [6.45, 7) is 2.73. The number of nitrogens with one attached hydrogen (secondary N) is 2. The number of carbonyl (C=O) groups excluding carboxylic acids is 1. The third-order valence-electron chi connectivity index (χ3n) is 3.86. The largest absolute Gasteiger partial charge is 0.355 e. The molecule has 25 heavy (non-hydrogen) atoms. The topological polar surface area (TPSA) is 101 Å². The average Bonchev–Trinajstić information content (AvgIpc) is 2.60. The summed E-state index contributed by atoms with van der Waals surface area (Å²) >= 11 is 0. The van der Waals surface area contributed by atoms with E-state index in [0.717, 1.165) is 11.1 Å². The third kappa shape index (κ3) is 6.30. The summed E-state index contributed by atoms with van der Waals surface area (Å²) in [4.78, 5) is 12.0. The Kier molecular flexibility index (Phi) is 6.69. The molecular weight excluding hydrogens is 338 g/mol. The number of benzene rings is 2. The van der Waals surface area contributed by atoms with Gasteiger partial charge >= 0.3 is 0 Å². The molecule has 4 N–H and O–H groups in total. The molecule has 0 aliphatic heterocycles. The number of carbonyl (C=O) groups is 1. The van der Waals surface area contributed by atoms with E-state index in [-0.39, 0.29) is 23.4 Å². The predicted octanol–water partition coefficient (Wildman–Crippen LogP) is 1.34. The van der Waals surface area contributed by atoms with Crippen molar-refractivity contribution in [3.63, 3.8) is 0 Å². The van der Waals surface area contributed by atoms with Gasteiger partial charge in [-0.15, -0.1) is 0 Å². The summed E-state index contributed by atoms with van der Waals surface area (Å²) in [5.41, 5.74) is 2.06. The molecule has 2 aromatic carbocycles. The highest BCUT2D eigenvalue weighted by Gasteiger charge is 2.08.